The summed E-state index contributed by atoms with van der Waals surface area (Å²) in [5.74, 6) is -0.126. The molecule has 2 heterocycles. The van der Waals surface area contributed by atoms with Gasteiger partial charge in [-0.05, 0) is 12.8 Å². The Bertz CT molecular complexity index is 613. The summed E-state index contributed by atoms with van der Waals surface area (Å²) in [5.41, 5.74) is 0. The van der Waals surface area contributed by atoms with Gasteiger partial charge in [-0.2, -0.15) is 0 Å². The first kappa shape index (κ1) is 17.4. The average Bonchev–Trinajstić information content (AvgIpc) is 3.10. The Balaban J connectivity index is 1.90. The van der Waals surface area contributed by atoms with Gasteiger partial charge in [-0.3, -0.25) is 9.59 Å². The van der Waals surface area contributed by atoms with Crippen molar-refractivity contribution in [2.45, 2.75) is 46.0 Å². The van der Waals surface area contributed by atoms with E-state index in [1.807, 2.05) is 13.8 Å². The Morgan fingerprint density at radius 1 is 0.826 bits per heavy atom. The van der Waals surface area contributed by atoms with Crippen molar-refractivity contribution in [3.05, 3.63) is 10.0 Å². The van der Waals surface area contributed by atoms with Crippen LogP contribution in [0, 0.1) is 0 Å². The van der Waals surface area contributed by atoms with Crippen LogP contribution in [0.5, 0.6) is 0 Å². The summed E-state index contributed by atoms with van der Waals surface area (Å²) in [7, 11) is 0. The van der Waals surface area contributed by atoms with Crippen molar-refractivity contribution in [1.29, 1.82) is 0 Å². The van der Waals surface area contributed by atoms with Gasteiger partial charge in [0.1, 0.15) is 10.0 Å². The summed E-state index contributed by atoms with van der Waals surface area (Å²) in [5, 5.41) is 23.8. The molecule has 0 atom stereocenters. The number of hydrogen-bond acceptors (Lipinski definition) is 8. The van der Waals surface area contributed by atoms with Crippen LogP contribution in [0.15, 0.2) is 0 Å². The largest absolute Gasteiger partial charge is 0.301 e. The summed E-state index contributed by atoms with van der Waals surface area (Å²) in [4.78, 5) is 23.0. The fraction of sp³-hybridized carbons (Fsp3) is 0.538. The molecule has 2 amide bonds. The van der Waals surface area contributed by atoms with Gasteiger partial charge in [0.05, 0.1) is 6.42 Å². The van der Waals surface area contributed by atoms with Gasteiger partial charge in [0, 0.05) is 12.8 Å². The lowest BCUT2D eigenvalue weighted by molar-refractivity contribution is -0.117. The van der Waals surface area contributed by atoms with Crippen molar-refractivity contribution >= 4 is 44.8 Å². The number of hydrogen-bond donors (Lipinski definition) is 2. The molecular weight excluding hydrogens is 336 g/mol. The number of nitrogens with zero attached hydrogens (tertiary/aromatic N) is 4. The topological polar surface area (TPSA) is 110 Å². The van der Waals surface area contributed by atoms with E-state index in [2.05, 4.69) is 31.0 Å². The zero-order valence-corrected chi connectivity index (χ0v) is 14.6. The van der Waals surface area contributed by atoms with E-state index in [0.29, 0.717) is 29.5 Å². The standard InChI is InChI=1S/C13H18N6O2S2/c1-3-5-8(20)14-12-18-16-10(22-12)7-11-17-19-13(23-11)15-9(21)6-4-2/h3-7H2,1-2H3,(H,14,18,20)(H,15,19,21). The van der Waals surface area contributed by atoms with Crippen LogP contribution in [0.1, 0.15) is 49.5 Å². The molecule has 0 saturated carbocycles. The summed E-state index contributed by atoms with van der Waals surface area (Å²) in [6.45, 7) is 3.88. The lowest BCUT2D eigenvalue weighted by atomic mass is 10.3. The monoisotopic (exact) mass is 354 g/mol. The Morgan fingerprint density at radius 2 is 1.26 bits per heavy atom. The SMILES string of the molecule is CCCC(=O)Nc1nnc(Cc2nnc(NC(=O)CCC)s2)s1. The Hall–Kier alpha value is -1.94. The molecule has 2 rings (SSSR count). The quantitative estimate of drug-likeness (QED) is 0.753. The maximum absolute atomic E-state index is 11.5. The van der Waals surface area contributed by atoms with Crippen molar-refractivity contribution in [3.8, 4) is 0 Å². The second kappa shape index (κ2) is 8.63. The second-order valence-electron chi connectivity index (χ2n) is 4.78. The van der Waals surface area contributed by atoms with Gasteiger partial charge in [0.25, 0.3) is 0 Å². The molecule has 8 nitrogen and oxygen atoms in total. The van der Waals surface area contributed by atoms with E-state index in [1.54, 1.807) is 0 Å². The van der Waals surface area contributed by atoms with E-state index in [1.165, 1.54) is 22.7 Å². The number of carbonyl (C=O) groups is 2. The van der Waals surface area contributed by atoms with Crippen LogP contribution >= 0.6 is 22.7 Å². The minimum atomic E-state index is -0.0629. The second-order valence-corrected chi connectivity index (χ2v) is 6.90. The van der Waals surface area contributed by atoms with Crippen molar-refractivity contribution in [2.75, 3.05) is 10.6 Å². The molecule has 2 aromatic heterocycles. The molecular formula is C13H18N6O2S2. The molecule has 10 heteroatoms. The van der Waals surface area contributed by atoms with Crippen LogP contribution in [0.2, 0.25) is 0 Å². The Kier molecular flexibility index (Phi) is 6.53. The normalized spacial score (nSPS) is 10.5. The predicted molar refractivity (Wildman–Crippen MR) is 89.7 cm³/mol. The number of amides is 2. The zero-order valence-electron chi connectivity index (χ0n) is 13.0. The fourth-order valence-corrected chi connectivity index (χ4v) is 3.31. The smallest absolute Gasteiger partial charge is 0.226 e. The molecule has 23 heavy (non-hydrogen) atoms. The first-order chi connectivity index (χ1) is 11.1. The molecule has 2 N–H and O–H groups in total. The highest BCUT2D eigenvalue weighted by atomic mass is 32.1. The number of nitrogens with one attached hydrogen (secondary N) is 2. The van der Waals surface area contributed by atoms with Crippen LogP contribution in [-0.4, -0.2) is 32.2 Å². The van der Waals surface area contributed by atoms with Crippen LogP contribution in [-0.2, 0) is 16.0 Å². The molecule has 0 aliphatic rings. The van der Waals surface area contributed by atoms with Crippen molar-refractivity contribution in [2.24, 2.45) is 0 Å². The van der Waals surface area contributed by atoms with E-state index < -0.39 is 0 Å². The van der Waals surface area contributed by atoms with E-state index in [9.17, 15) is 9.59 Å². The van der Waals surface area contributed by atoms with Crippen LogP contribution < -0.4 is 10.6 Å². The molecule has 0 saturated heterocycles. The van der Waals surface area contributed by atoms with Gasteiger partial charge in [-0.1, -0.05) is 36.5 Å². The molecule has 0 aromatic carbocycles. The molecule has 0 aliphatic carbocycles. The summed E-state index contributed by atoms with van der Waals surface area (Å²) in [6.07, 6.45) is 2.98. The van der Waals surface area contributed by atoms with Crippen LogP contribution in [0.3, 0.4) is 0 Å². The summed E-state index contributed by atoms with van der Waals surface area (Å²) in [6, 6.07) is 0. The number of aromatic nitrogens is 4. The number of anilines is 2. The van der Waals surface area contributed by atoms with Crippen LogP contribution in [0.4, 0.5) is 10.3 Å². The Labute approximate surface area is 141 Å². The van der Waals surface area contributed by atoms with E-state index in [4.69, 9.17) is 0 Å². The number of rotatable bonds is 8. The lowest BCUT2D eigenvalue weighted by Gasteiger charge is -1.97. The fourth-order valence-electron chi connectivity index (χ4n) is 1.70. The van der Waals surface area contributed by atoms with Gasteiger partial charge in [-0.25, -0.2) is 0 Å². The zero-order chi connectivity index (χ0) is 16.7. The predicted octanol–water partition coefficient (Wildman–Crippen LogP) is 2.46. The van der Waals surface area contributed by atoms with E-state index in [0.717, 1.165) is 22.9 Å². The highest BCUT2D eigenvalue weighted by molar-refractivity contribution is 7.16. The van der Waals surface area contributed by atoms with Crippen molar-refractivity contribution in [3.63, 3.8) is 0 Å². The molecule has 0 fully saturated rings. The average molecular weight is 354 g/mol. The first-order valence-electron chi connectivity index (χ1n) is 7.35. The molecule has 0 spiro atoms. The summed E-state index contributed by atoms with van der Waals surface area (Å²) >= 11 is 2.62. The van der Waals surface area contributed by atoms with Gasteiger partial charge in [-0.15, -0.1) is 20.4 Å². The maximum atomic E-state index is 11.5. The van der Waals surface area contributed by atoms with Crippen molar-refractivity contribution in [1.82, 2.24) is 20.4 Å². The lowest BCUT2D eigenvalue weighted by Crippen LogP contribution is -2.10. The van der Waals surface area contributed by atoms with E-state index in [-0.39, 0.29) is 11.8 Å². The molecule has 0 bridgehead atoms. The third-order valence-corrected chi connectivity index (χ3v) is 4.36. The van der Waals surface area contributed by atoms with Gasteiger partial charge in [0.15, 0.2) is 0 Å². The molecule has 2 aromatic rings. The minimum Gasteiger partial charge on any atom is -0.301 e. The minimum absolute atomic E-state index is 0.0629. The third-order valence-electron chi connectivity index (χ3n) is 2.68. The maximum Gasteiger partial charge on any atom is 0.226 e. The molecule has 0 unspecified atom stereocenters. The third kappa shape index (κ3) is 5.64. The van der Waals surface area contributed by atoms with Gasteiger partial charge in [0.2, 0.25) is 22.1 Å². The highest BCUT2D eigenvalue weighted by Crippen LogP contribution is 2.22. The Morgan fingerprint density at radius 3 is 1.65 bits per heavy atom. The van der Waals surface area contributed by atoms with Crippen molar-refractivity contribution < 1.29 is 9.59 Å². The first-order valence-corrected chi connectivity index (χ1v) is 8.98. The molecule has 0 radical (unpaired) electrons. The highest BCUT2D eigenvalue weighted by Gasteiger charge is 2.12. The van der Waals surface area contributed by atoms with E-state index >= 15 is 0 Å². The summed E-state index contributed by atoms with van der Waals surface area (Å²) < 4.78 is 0. The number of carbonyl (C=O) groups excluding carboxylic acids is 2. The van der Waals surface area contributed by atoms with Gasteiger partial charge < -0.3 is 10.6 Å². The van der Waals surface area contributed by atoms with Crippen LogP contribution in [0.25, 0.3) is 0 Å². The van der Waals surface area contributed by atoms with Gasteiger partial charge >= 0.3 is 0 Å². The molecule has 0 aliphatic heterocycles. The molecule has 124 valence electrons.